The summed E-state index contributed by atoms with van der Waals surface area (Å²) < 4.78 is 19.4. The van der Waals surface area contributed by atoms with Gasteiger partial charge in [0.05, 0.1) is 49.0 Å². The molecular formula is C41H42N6O9. The zero-order valence-electron chi connectivity index (χ0n) is 31.2. The van der Waals surface area contributed by atoms with Crippen molar-refractivity contribution in [3.8, 4) is 33.8 Å². The predicted molar refractivity (Wildman–Crippen MR) is 209 cm³/mol. The Kier molecular flexibility index (Phi) is 14.1. The zero-order chi connectivity index (χ0) is 40.0. The van der Waals surface area contributed by atoms with Gasteiger partial charge in [-0.2, -0.15) is 0 Å². The van der Waals surface area contributed by atoms with Crippen LogP contribution in [0.2, 0.25) is 0 Å². The molecule has 0 amide bonds. The molecule has 0 saturated carbocycles. The number of imidazole rings is 2. The van der Waals surface area contributed by atoms with Gasteiger partial charge in [0.2, 0.25) is 0 Å². The topological polar surface area (TPSA) is 187 Å². The summed E-state index contributed by atoms with van der Waals surface area (Å²) >= 11 is 0. The van der Waals surface area contributed by atoms with Crippen LogP contribution in [0.3, 0.4) is 0 Å². The van der Waals surface area contributed by atoms with Crippen molar-refractivity contribution >= 4 is 17.2 Å². The van der Waals surface area contributed by atoms with Gasteiger partial charge in [-0.3, -0.25) is 25.0 Å². The molecule has 2 aromatic heterocycles. The van der Waals surface area contributed by atoms with E-state index in [2.05, 4.69) is 9.97 Å². The van der Waals surface area contributed by atoms with Crippen molar-refractivity contribution in [2.75, 3.05) is 27.4 Å². The summed E-state index contributed by atoms with van der Waals surface area (Å²) in [5.74, 6) is 1.19. The van der Waals surface area contributed by atoms with Gasteiger partial charge in [0.15, 0.2) is 5.78 Å². The van der Waals surface area contributed by atoms with Crippen LogP contribution >= 0.6 is 0 Å². The largest absolute Gasteiger partial charge is 0.496 e. The van der Waals surface area contributed by atoms with Crippen LogP contribution in [0, 0.1) is 20.2 Å². The van der Waals surface area contributed by atoms with Crippen LogP contribution in [0.4, 0.5) is 11.4 Å². The molecule has 0 aliphatic carbocycles. The number of methoxy groups -OCH3 is 2. The van der Waals surface area contributed by atoms with Gasteiger partial charge in [-0.05, 0) is 59.4 Å². The Labute approximate surface area is 323 Å². The molecule has 4 aromatic carbocycles. The van der Waals surface area contributed by atoms with Gasteiger partial charge in [0.1, 0.15) is 17.2 Å². The molecule has 1 N–H and O–H groups in total. The first-order chi connectivity index (χ1) is 27.1. The normalized spacial score (nSPS) is 11.8. The molecule has 15 heteroatoms. The average molecular weight is 763 g/mol. The summed E-state index contributed by atoms with van der Waals surface area (Å²) in [7, 11) is 3.13. The van der Waals surface area contributed by atoms with Crippen LogP contribution in [-0.2, 0) is 24.4 Å². The smallest absolute Gasteiger partial charge is 0.270 e. The Morgan fingerprint density at radius 3 is 1.64 bits per heavy atom. The number of aromatic nitrogens is 4. The van der Waals surface area contributed by atoms with Crippen LogP contribution in [0.1, 0.15) is 47.1 Å². The van der Waals surface area contributed by atoms with Crippen molar-refractivity contribution in [1.82, 2.24) is 19.1 Å². The fraction of sp³-hybridized carbons (Fsp3) is 0.244. The third-order valence-electron chi connectivity index (χ3n) is 8.66. The number of ether oxygens (including phenoxy) is 3. The van der Waals surface area contributed by atoms with Crippen LogP contribution in [0.15, 0.2) is 110 Å². The van der Waals surface area contributed by atoms with Gasteiger partial charge in [-0.1, -0.05) is 36.4 Å². The first kappa shape index (κ1) is 40.5. The highest BCUT2D eigenvalue weighted by atomic mass is 16.6. The number of carbonyl (C=O) groups excluding carboxylic acids is 1. The van der Waals surface area contributed by atoms with Crippen molar-refractivity contribution in [2.24, 2.45) is 0 Å². The number of benzene rings is 4. The molecule has 0 spiro atoms. The lowest BCUT2D eigenvalue weighted by molar-refractivity contribution is -0.385. The monoisotopic (exact) mass is 762 g/mol. The van der Waals surface area contributed by atoms with Crippen molar-refractivity contribution in [3.05, 3.63) is 153 Å². The van der Waals surface area contributed by atoms with Gasteiger partial charge in [0.25, 0.3) is 11.4 Å². The van der Waals surface area contributed by atoms with E-state index in [0.717, 1.165) is 41.0 Å². The molecule has 0 atom stereocenters. The highest BCUT2D eigenvalue weighted by molar-refractivity contribution is 5.91. The molecule has 3 heterocycles. The lowest BCUT2D eigenvalue weighted by atomic mass is 10.0. The van der Waals surface area contributed by atoms with Crippen molar-refractivity contribution in [3.63, 3.8) is 0 Å². The fourth-order valence-electron chi connectivity index (χ4n) is 5.87. The molecule has 0 unspecified atom stereocenters. The number of nitro benzene ring substituents is 2. The zero-order valence-corrected chi connectivity index (χ0v) is 31.2. The number of nitrogens with zero attached hydrogens (tertiary/aromatic N) is 6. The molecule has 1 saturated heterocycles. The molecule has 7 rings (SSSR count). The molecule has 1 aliphatic heterocycles. The highest BCUT2D eigenvalue weighted by Crippen LogP contribution is 2.34. The third-order valence-corrected chi connectivity index (χ3v) is 8.66. The first-order valence-corrected chi connectivity index (χ1v) is 17.6. The summed E-state index contributed by atoms with van der Waals surface area (Å²) in [6.45, 7) is 4.46. The van der Waals surface area contributed by atoms with Gasteiger partial charge < -0.3 is 28.5 Å². The van der Waals surface area contributed by atoms with E-state index in [1.54, 1.807) is 57.5 Å². The van der Waals surface area contributed by atoms with Crippen LogP contribution in [-0.4, -0.2) is 67.3 Å². The minimum Gasteiger partial charge on any atom is -0.496 e. The van der Waals surface area contributed by atoms with E-state index in [0.29, 0.717) is 41.5 Å². The Hall–Kier alpha value is -6.71. The summed E-state index contributed by atoms with van der Waals surface area (Å²) in [6, 6.07) is 24.3. The van der Waals surface area contributed by atoms with Crippen LogP contribution in [0.25, 0.3) is 22.3 Å². The molecule has 0 radical (unpaired) electrons. The second kappa shape index (κ2) is 19.6. The molecule has 1 aliphatic rings. The van der Waals surface area contributed by atoms with Crippen LogP contribution in [0.5, 0.6) is 11.5 Å². The molecule has 6 aromatic rings. The molecule has 290 valence electrons. The fourth-order valence-corrected chi connectivity index (χ4v) is 5.87. The quantitative estimate of drug-likeness (QED) is 0.0738. The maximum absolute atomic E-state index is 11.4. The molecule has 1 fully saturated rings. The Morgan fingerprint density at radius 2 is 1.25 bits per heavy atom. The van der Waals surface area contributed by atoms with Gasteiger partial charge >= 0.3 is 0 Å². The highest BCUT2D eigenvalue weighted by Gasteiger charge is 2.14. The molecule has 56 heavy (non-hydrogen) atoms. The SMILES string of the molecule is C1CCOC1.COc1ccc(Cn2cnc(C(C)=O)c2)cc1-c1cccc([N+](=O)[O-])c1.COc1ccc(Cn2cnc(CO)c2)cc1-c1cccc([N+](=O)[O-])c1. The minimum atomic E-state index is -0.422. The van der Waals surface area contributed by atoms with Gasteiger partial charge in [-0.15, -0.1) is 0 Å². The van der Waals surface area contributed by atoms with Gasteiger partial charge in [0, 0.05) is 81.0 Å². The number of hydrogen-bond donors (Lipinski definition) is 1. The van der Waals surface area contributed by atoms with E-state index < -0.39 is 9.85 Å². The molecule has 15 nitrogen and oxygen atoms in total. The van der Waals surface area contributed by atoms with E-state index in [-0.39, 0.29) is 23.8 Å². The lowest BCUT2D eigenvalue weighted by Gasteiger charge is -2.11. The summed E-state index contributed by atoms with van der Waals surface area (Å²) in [6.07, 6.45) is 9.29. The van der Waals surface area contributed by atoms with E-state index in [9.17, 15) is 25.0 Å². The summed E-state index contributed by atoms with van der Waals surface area (Å²) in [5, 5.41) is 31.2. The number of ketones is 1. The Balaban J connectivity index is 0.000000190. The van der Waals surface area contributed by atoms with Crippen molar-refractivity contribution in [1.29, 1.82) is 0 Å². The number of aliphatic hydroxyl groups is 1. The Morgan fingerprint density at radius 1 is 0.750 bits per heavy atom. The third kappa shape index (κ3) is 10.9. The number of Topliss-reactive ketones (excluding diaryl/α,β-unsaturated/α-hetero) is 1. The molecule has 0 bridgehead atoms. The first-order valence-electron chi connectivity index (χ1n) is 17.6. The second-order valence-corrected chi connectivity index (χ2v) is 12.7. The summed E-state index contributed by atoms with van der Waals surface area (Å²) in [5.41, 5.74) is 5.99. The molecular weight excluding hydrogens is 720 g/mol. The second-order valence-electron chi connectivity index (χ2n) is 12.7. The number of carbonyl (C=O) groups is 1. The van der Waals surface area contributed by atoms with Crippen LogP contribution < -0.4 is 9.47 Å². The number of nitro groups is 2. The average Bonchev–Trinajstić information content (AvgIpc) is 4.04. The standard InChI is InChI=1S/C19H17N3O4.C18H17N3O4.C4H8O/c1-13(23)18-11-21(12-20-18)10-14-6-7-19(26-2)17(8-14)15-4-3-5-16(9-15)22(24)25;1-25-18-6-5-13(9-20-10-15(11-22)19-12-20)7-17(18)14-3-2-4-16(8-14)21(23)24;1-2-4-5-3-1/h3-9,11-12H,10H2,1-2H3;2-8,10,12,22H,9,11H2,1H3;1-4H2. The number of hydrogen-bond acceptors (Lipinski definition) is 11. The lowest BCUT2D eigenvalue weighted by Crippen LogP contribution is -1.99. The summed E-state index contributed by atoms with van der Waals surface area (Å²) in [4.78, 5) is 40.8. The van der Waals surface area contributed by atoms with Crippen molar-refractivity contribution in [2.45, 2.75) is 39.5 Å². The number of aliphatic hydroxyl groups excluding tert-OH is 1. The Bertz CT molecular complexity index is 2270. The number of rotatable bonds is 12. The van der Waals surface area contributed by atoms with Gasteiger partial charge in [-0.25, -0.2) is 9.97 Å². The maximum atomic E-state index is 11.4. The minimum absolute atomic E-state index is 0.0238. The van der Waals surface area contributed by atoms with Crippen molar-refractivity contribution < 1.29 is 34.0 Å². The van der Waals surface area contributed by atoms with E-state index in [1.165, 1.54) is 44.0 Å². The number of non-ortho nitro benzene ring substituents is 2. The van der Waals surface area contributed by atoms with E-state index in [4.69, 9.17) is 19.3 Å². The predicted octanol–water partition coefficient (Wildman–Crippen LogP) is 7.52. The maximum Gasteiger partial charge on any atom is 0.270 e. The van der Waals surface area contributed by atoms with E-state index in [1.807, 2.05) is 51.6 Å². The van der Waals surface area contributed by atoms with E-state index >= 15 is 0 Å².